The number of rotatable bonds is 5. The van der Waals surface area contributed by atoms with Gasteiger partial charge in [-0.1, -0.05) is 25.9 Å². The average molecular weight is 302 g/mol. The predicted octanol–water partition coefficient (Wildman–Crippen LogP) is 3.98. The topological polar surface area (TPSA) is 63.8 Å². The highest BCUT2D eigenvalue weighted by atomic mass is 32.1. The molecule has 0 radical (unpaired) electrons. The summed E-state index contributed by atoms with van der Waals surface area (Å²) < 4.78 is 6.36. The quantitative estimate of drug-likeness (QED) is 0.772. The summed E-state index contributed by atoms with van der Waals surface area (Å²) in [5.74, 6) is 1.81. The van der Waals surface area contributed by atoms with Gasteiger partial charge in [-0.3, -0.25) is 0 Å². The molecule has 1 N–H and O–H groups in total. The zero-order valence-corrected chi connectivity index (χ0v) is 13.2. The van der Waals surface area contributed by atoms with Gasteiger partial charge in [0.2, 0.25) is 5.89 Å². The highest BCUT2D eigenvalue weighted by Gasteiger charge is 2.08. The lowest BCUT2D eigenvalue weighted by molar-refractivity contribution is 0.378. The van der Waals surface area contributed by atoms with E-state index >= 15 is 0 Å². The number of hydrogen-bond donors (Lipinski definition) is 1. The Balaban J connectivity index is 1.74. The number of fused-ring (bicyclic) bond motifs is 1. The van der Waals surface area contributed by atoms with Crippen LogP contribution in [-0.4, -0.2) is 15.1 Å². The molecule has 3 rings (SSSR count). The van der Waals surface area contributed by atoms with Crippen molar-refractivity contribution in [3.63, 3.8) is 0 Å². The minimum atomic E-state index is 0.463. The third-order valence-electron chi connectivity index (χ3n) is 3.17. The fraction of sp³-hybridized carbons (Fsp3) is 0.400. The van der Waals surface area contributed by atoms with Crippen LogP contribution in [0.3, 0.4) is 0 Å². The van der Waals surface area contributed by atoms with Crippen molar-refractivity contribution in [2.24, 2.45) is 0 Å². The van der Waals surface area contributed by atoms with Crippen molar-refractivity contribution in [3.8, 4) is 0 Å². The van der Waals surface area contributed by atoms with E-state index in [0.29, 0.717) is 18.4 Å². The molecule has 0 bridgehead atoms. The number of anilines is 1. The van der Waals surface area contributed by atoms with Gasteiger partial charge in [-0.25, -0.2) is 4.98 Å². The fourth-order valence-corrected chi connectivity index (χ4v) is 2.99. The standard InChI is InChI=1S/C15H18N4OS/c1-4-13-18-14(20-19-13)8-16-10-5-6-11-12(7-10)21-15(17-11)9(2)3/h5-7,9,16H,4,8H2,1-3H3. The zero-order chi connectivity index (χ0) is 14.8. The number of benzene rings is 1. The lowest BCUT2D eigenvalue weighted by atomic mass is 10.2. The van der Waals surface area contributed by atoms with Crippen LogP contribution in [0.2, 0.25) is 0 Å². The van der Waals surface area contributed by atoms with E-state index in [1.165, 1.54) is 9.71 Å². The van der Waals surface area contributed by atoms with Gasteiger partial charge in [0.25, 0.3) is 0 Å². The van der Waals surface area contributed by atoms with E-state index in [0.717, 1.165) is 23.4 Å². The molecule has 0 aliphatic rings. The van der Waals surface area contributed by atoms with Crippen molar-refractivity contribution in [3.05, 3.63) is 34.9 Å². The second-order valence-electron chi connectivity index (χ2n) is 5.20. The van der Waals surface area contributed by atoms with Crippen LogP contribution in [0.15, 0.2) is 22.7 Å². The van der Waals surface area contributed by atoms with Crippen molar-refractivity contribution < 1.29 is 4.52 Å². The van der Waals surface area contributed by atoms with Gasteiger partial charge >= 0.3 is 0 Å². The molecule has 0 aliphatic heterocycles. The first-order chi connectivity index (χ1) is 10.2. The lowest BCUT2D eigenvalue weighted by Crippen LogP contribution is -1.99. The van der Waals surface area contributed by atoms with Gasteiger partial charge in [0.15, 0.2) is 5.82 Å². The Kier molecular flexibility index (Phi) is 3.88. The molecular formula is C15H18N4OS. The monoisotopic (exact) mass is 302 g/mol. The van der Waals surface area contributed by atoms with E-state index in [1.807, 2.05) is 19.1 Å². The molecule has 0 unspecified atom stereocenters. The molecule has 3 aromatic rings. The zero-order valence-electron chi connectivity index (χ0n) is 12.4. The van der Waals surface area contributed by atoms with E-state index in [9.17, 15) is 0 Å². The van der Waals surface area contributed by atoms with Crippen molar-refractivity contribution >= 4 is 27.2 Å². The molecule has 21 heavy (non-hydrogen) atoms. The van der Waals surface area contributed by atoms with E-state index in [2.05, 4.69) is 40.4 Å². The second-order valence-corrected chi connectivity index (χ2v) is 6.26. The maximum Gasteiger partial charge on any atom is 0.245 e. The van der Waals surface area contributed by atoms with Gasteiger partial charge in [-0.05, 0) is 18.2 Å². The highest BCUT2D eigenvalue weighted by Crippen LogP contribution is 2.29. The summed E-state index contributed by atoms with van der Waals surface area (Å²) in [5, 5.41) is 8.37. The Bertz CT molecular complexity index is 747. The average Bonchev–Trinajstić information content (AvgIpc) is 3.11. The number of thiazole rings is 1. The maximum absolute atomic E-state index is 5.17. The van der Waals surface area contributed by atoms with Crippen LogP contribution < -0.4 is 5.32 Å². The first kappa shape index (κ1) is 14.0. The van der Waals surface area contributed by atoms with Crippen LogP contribution in [-0.2, 0) is 13.0 Å². The SMILES string of the molecule is CCc1noc(CNc2ccc3nc(C(C)C)sc3c2)n1. The van der Waals surface area contributed by atoms with Gasteiger partial charge in [0.1, 0.15) is 0 Å². The lowest BCUT2D eigenvalue weighted by Gasteiger charge is -2.02. The maximum atomic E-state index is 5.17. The minimum absolute atomic E-state index is 0.463. The molecule has 0 amide bonds. The molecule has 0 spiro atoms. The van der Waals surface area contributed by atoms with Crippen LogP contribution in [0.5, 0.6) is 0 Å². The summed E-state index contributed by atoms with van der Waals surface area (Å²) in [7, 11) is 0. The van der Waals surface area contributed by atoms with Gasteiger partial charge < -0.3 is 9.84 Å². The summed E-state index contributed by atoms with van der Waals surface area (Å²) in [6.45, 7) is 6.87. The summed E-state index contributed by atoms with van der Waals surface area (Å²) in [6, 6.07) is 6.20. The van der Waals surface area contributed by atoms with Crippen LogP contribution in [0.25, 0.3) is 10.2 Å². The smallest absolute Gasteiger partial charge is 0.245 e. The Hall–Kier alpha value is -1.95. The molecule has 1 aromatic carbocycles. The van der Waals surface area contributed by atoms with Crippen molar-refractivity contribution in [2.75, 3.05) is 5.32 Å². The van der Waals surface area contributed by atoms with Gasteiger partial charge in [-0.15, -0.1) is 11.3 Å². The Morgan fingerprint density at radius 1 is 1.29 bits per heavy atom. The highest BCUT2D eigenvalue weighted by molar-refractivity contribution is 7.18. The molecule has 2 aromatic heterocycles. The van der Waals surface area contributed by atoms with Gasteiger partial charge in [0.05, 0.1) is 21.8 Å². The Labute approximate surface area is 127 Å². The summed E-state index contributed by atoms with van der Waals surface area (Å²) in [5.41, 5.74) is 2.10. The van der Waals surface area contributed by atoms with Gasteiger partial charge in [0, 0.05) is 18.0 Å². The normalized spacial score (nSPS) is 11.4. The molecule has 6 heteroatoms. The van der Waals surface area contributed by atoms with Crippen LogP contribution in [0.4, 0.5) is 5.69 Å². The molecule has 0 fully saturated rings. The molecule has 0 atom stereocenters. The first-order valence-electron chi connectivity index (χ1n) is 7.11. The van der Waals surface area contributed by atoms with Crippen LogP contribution >= 0.6 is 11.3 Å². The number of hydrogen-bond acceptors (Lipinski definition) is 6. The van der Waals surface area contributed by atoms with E-state index in [1.54, 1.807) is 11.3 Å². The molecule has 0 aliphatic carbocycles. The van der Waals surface area contributed by atoms with Crippen LogP contribution in [0.1, 0.15) is 43.4 Å². The van der Waals surface area contributed by atoms with E-state index in [-0.39, 0.29) is 0 Å². The largest absolute Gasteiger partial charge is 0.376 e. The minimum Gasteiger partial charge on any atom is -0.376 e. The molecule has 110 valence electrons. The van der Waals surface area contributed by atoms with Crippen molar-refractivity contribution in [2.45, 2.75) is 39.7 Å². The molecular weight excluding hydrogens is 284 g/mol. The van der Waals surface area contributed by atoms with Gasteiger partial charge in [-0.2, -0.15) is 4.98 Å². The third kappa shape index (κ3) is 3.05. The predicted molar refractivity (Wildman–Crippen MR) is 84.7 cm³/mol. The van der Waals surface area contributed by atoms with Crippen molar-refractivity contribution in [1.82, 2.24) is 15.1 Å². The van der Waals surface area contributed by atoms with E-state index in [4.69, 9.17) is 4.52 Å². The number of aryl methyl sites for hydroxylation is 1. The Morgan fingerprint density at radius 3 is 2.86 bits per heavy atom. The second kappa shape index (κ2) is 5.81. The molecule has 0 saturated carbocycles. The molecule has 2 heterocycles. The number of aromatic nitrogens is 3. The molecule has 5 nitrogen and oxygen atoms in total. The summed E-state index contributed by atoms with van der Waals surface area (Å²) >= 11 is 1.75. The summed E-state index contributed by atoms with van der Waals surface area (Å²) in [4.78, 5) is 8.92. The summed E-state index contributed by atoms with van der Waals surface area (Å²) in [6.07, 6.45) is 0.786. The third-order valence-corrected chi connectivity index (χ3v) is 4.49. The van der Waals surface area contributed by atoms with Crippen LogP contribution in [0, 0.1) is 0 Å². The molecule has 0 saturated heterocycles. The number of nitrogens with one attached hydrogen (secondary N) is 1. The van der Waals surface area contributed by atoms with E-state index < -0.39 is 0 Å². The fourth-order valence-electron chi connectivity index (χ4n) is 1.98. The number of nitrogens with zero attached hydrogens (tertiary/aromatic N) is 3. The van der Waals surface area contributed by atoms with Crippen molar-refractivity contribution in [1.29, 1.82) is 0 Å². The first-order valence-corrected chi connectivity index (χ1v) is 7.93. The Morgan fingerprint density at radius 2 is 2.14 bits per heavy atom.